The van der Waals surface area contributed by atoms with Crippen LogP contribution in [-0.4, -0.2) is 35.6 Å². The fourth-order valence-corrected chi connectivity index (χ4v) is 2.95. The van der Waals surface area contributed by atoms with E-state index < -0.39 is 0 Å². The van der Waals surface area contributed by atoms with Gasteiger partial charge in [0.15, 0.2) is 5.96 Å². The van der Waals surface area contributed by atoms with Crippen molar-refractivity contribution < 1.29 is 0 Å². The predicted octanol–water partition coefficient (Wildman–Crippen LogP) is 2.44. The first-order valence-electron chi connectivity index (χ1n) is 8.16. The molecule has 2 rings (SSSR count). The highest BCUT2D eigenvalue weighted by molar-refractivity contribution is 7.11. The quantitative estimate of drug-likeness (QED) is 0.576. The van der Waals surface area contributed by atoms with Gasteiger partial charge in [-0.1, -0.05) is 13.0 Å². The standard InChI is InChI=1S/C17H25N5S/c1-3-15-13-22-16(23-15)8-11-21-17(19-4-2)20-10-7-14-6-5-9-18-12-14/h5-6,9,12-13H,3-4,7-8,10-11H2,1-2H3,(H2,19,20,21). The van der Waals surface area contributed by atoms with Crippen molar-refractivity contribution in [2.45, 2.75) is 33.1 Å². The van der Waals surface area contributed by atoms with E-state index >= 15 is 0 Å². The second kappa shape index (κ2) is 9.94. The van der Waals surface area contributed by atoms with Crippen LogP contribution >= 0.6 is 11.3 Å². The molecule has 0 fully saturated rings. The molecule has 0 amide bonds. The van der Waals surface area contributed by atoms with E-state index in [-0.39, 0.29) is 0 Å². The lowest BCUT2D eigenvalue weighted by Crippen LogP contribution is -2.38. The Balaban J connectivity index is 1.77. The van der Waals surface area contributed by atoms with Gasteiger partial charge in [-0.3, -0.25) is 9.98 Å². The van der Waals surface area contributed by atoms with Crippen molar-refractivity contribution in [2.75, 3.05) is 19.6 Å². The van der Waals surface area contributed by atoms with Crippen molar-refractivity contribution in [3.05, 3.63) is 46.2 Å². The number of hydrogen-bond donors (Lipinski definition) is 2. The van der Waals surface area contributed by atoms with Gasteiger partial charge in [0, 0.05) is 49.5 Å². The number of nitrogens with one attached hydrogen (secondary N) is 2. The summed E-state index contributed by atoms with van der Waals surface area (Å²) in [6.07, 6.45) is 8.56. The zero-order chi connectivity index (χ0) is 16.3. The van der Waals surface area contributed by atoms with Crippen LogP contribution in [0.5, 0.6) is 0 Å². The topological polar surface area (TPSA) is 62.2 Å². The molecule has 2 N–H and O–H groups in total. The first-order chi connectivity index (χ1) is 11.3. The van der Waals surface area contributed by atoms with Gasteiger partial charge in [0.2, 0.25) is 0 Å². The van der Waals surface area contributed by atoms with Crippen molar-refractivity contribution in [2.24, 2.45) is 4.99 Å². The highest BCUT2D eigenvalue weighted by Gasteiger charge is 2.01. The maximum Gasteiger partial charge on any atom is 0.191 e. The molecule has 0 saturated heterocycles. The molecule has 0 unspecified atom stereocenters. The lowest BCUT2D eigenvalue weighted by molar-refractivity contribution is 0.794. The minimum Gasteiger partial charge on any atom is -0.357 e. The Morgan fingerprint density at radius 1 is 1.22 bits per heavy atom. The van der Waals surface area contributed by atoms with Crippen LogP contribution in [0.3, 0.4) is 0 Å². The van der Waals surface area contributed by atoms with E-state index in [1.807, 2.05) is 18.5 Å². The largest absolute Gasteiger partial charge is 0.357 e. The molecule has 0 aromatic carbocycles. The zero-order valence-corrected chi connectivity index (χ0v) is 14.7. The molecule has 124 valence electrons. The lowest BCUT2D eigenvalue weighted by atomic mass is 10.2. The van der Waals surface area contributed by atoms with E-state index in [0.29, 0.717) is 0 Å². The van der Waals surface area contributed by atoms with Crippen LogP contribution in [0.2, 0.25) is 0 Å². The Morgan fingerprint density at radius 2 is 2.13 bits per heavy atom. The fourth-order valence-electron chi connectivity index (χ4n) is 2.10. The molecule has 0 atom stereocenters. The Bertz CT molecular complexity index is 594. The minimum atomic E-state index is 0.749. The van der Waals surface area contributed by atoms with Gasteiger partial charge in [-0.15, -0.1) is 11.3 Å². The average Bonchev–Trinajstić information content (AvgIpc) is 3.04. The van der Waals surface area contributed by atoms with Gasteiger partial charge in [-0.25, -0.2) is 4.98 Å². The molecule has 2 heterocycles. The summed E-state index contributed by atoms with van der Waals surface area (Å²) in [5.74, 6) is 0.865. The molecule has 6 heteroatoms. The predicted molar refractivity (Wildman–Crippen MR) is 97.1 cm³/mol. The van der Waals surface area contributed by atoms with Crippen molar-refractivity contribution in [3.63, 3.8) is 0 Å². The van der Waals surface area contributed by atoms with E-state index in [2.05, 4.69) is 45.5 Å². The van der Waals surface area contributed by atoms with Gasteiger partial charge in [-0.2, -0.15) is 0 Å². The Labute approximate surface area is 142 Å². The van der Waals surface area contributed by atoms with Gasteiger partial charge in [-0.05, 0) is 31.4 Å². The maximum atomic E-state index is 4.62. The zero-order valence-electron chi connectivity index (χ0n) is 13.9. The SMILES string of the molecule is CCNC(=NCCc1ncc(CC)s1)NCCc1cccnc1. The Kier molecular flexibility index (Phi) is 7.52. The molecule has 0 aliphatic carbocycles. The molecular weight excluding hydrogens is 306 g/mol. The molecule has 2 aromatic rings. The summed E-state index contributed by atoms with van der Waals surface area (Å²) in [6, 6.07) is 4.06. The summed E-state index contributed by atoms with van der Waals surface area (Å²) in [4.78, 5) is 14.5. The summed E-state index contributed by atoms with van der Waals surface area (Å²) in [5.41, 5.74) is 1.23. The summed E-state index contributed by atoms with van der Waals surface area (Å²) in [5, 5.41) is 7.81. The van der Waals surface area contributed by atoms with Crippen molar-refractivity contribution >= 4 is 17.3 Å². The third kappa shape index (κ3) is 6.36. The monoisotopic (exact) mass is 331 g/mol. The van der Waals surface area contributed by atoms with Crippen LogP contribution in [0.25, 0.3) is 0 Å². The van der Waals surface area contributed by atoms with E-state index in [0.717, 1.165) is 49.9 Å². The highest BCUT2D eigenvalue weighted by atomic mass is 32.1. The van der Waals surface area contributed by atoms with Crippen molar-refractivity contribution in [1.29, 1.82) is 0 Å². The number of rotatable bonds is 8. The maximum absolute atomic E-state index is 4.62. The van der Waals surface area contributed by atoms with Crippen molar-refractivity contribution in [3.8, 4) is 0 Å². The number of aliphatic imine (C=N–C) groups is 1. The molecule has 0 bridgehead atoms. The molecule has 0 saturated carbocycles. The third-order valence-electron chi connectivity index (χ3n) is 3.32. The van der Waals surface area contributed by atoms with E-state index in [1.165, 1.54) is 10.4 Å². The van der Waals surface area contributed by atoms with Crippen molar-refractivity contribution in [1.82, 2.24) is 20.6 Å². The van der Waals surface area contributed by atoms with Crippen LogP contribution in [-0.2, 0) is 19.3 Å². The third-order valence-corrected chi connectivity index (χ3v) is 4.52. The second-order valence-corrected chi connectivity index (χ2v) is 6.32. The van der Waals surface area contributed by atoms with E-state index in [4.69, 9.17) is 0 Å². The first kappa shape index (κ1) is 17.4. The number of pyridine rings is 1. The lowest BCUT2D eigenvalue weighted by Gasteiger charge is -2.11. The Morgan fingerprint density at radius 3 is 2.83 bits per heavy atom. The molecule has 0 aliphatic rings. The summed E-state index contributed by atoms with van der Waals surface area (Å²) in [7, 11) is 0. The molecule has 0 spiro atoms. The van der Waals surface area contributed by atoms with Crippen LogP contribution < -0.4 is 10.6 Å². The Hall–Kier alpha value is -1.95. The van der Waals surface area contributed by atoms with Crippen LogP contribution in [0.1, 0.15) is 29.3 Å². The molecular formula is C17H25N5S. The van der Waals surface area contributed by atoms with Crippen LogP contribution in [0.4, 0.5) is 0 Å². The fraction of sp³-hybridized carbons (Fsp3) is 0.471. The smallest absolute Gasteiger partial charge is 0.191 e. The highest BCUT2D eigenvalue weighted by Crippen LogP contribution is 2.13. The average molecular weight is 331 g/mol. The molecule has 2 aromatic heterocycles. The number of thiazole rings is 1. The first-order valence-corrected chi connectivity index (χ1v) is 8.98. The second-order valence-electron chi connectivity index (χ2n) is 5.12. The summed E-state index contributed by atoms with van der Waals surface area (Å²) >= 11 is 1.78. The van der Waals surface area contributed by atoms with Gasteiger partial charge < -0.3 is 10.6 Å². The van der Waals surface area contributed by atoms with Gasteiger partial charge in [0.25, 0.3) is 0 Å². The van der Waals surface area contributed by atoms with Gasteiger partial charge in [0.05, 0.1) is 5.01 Å². The van der Waals surface area contributed by atoms with Crippen LogP contribution in [0.15, 0.2) is 35.7 Å². The van der Waals surface area contributed by atoms with E-state index in [9.17, 15) is 0 Å². The number of aryl methyl sites for hydroxylation is 1. The number of hydrogen-bond acceptors (Lipinski definition) is 4. The molecule has 23 heavy (non-hydrogen) atoms. The normalized spacial score (nSPS) is 11.5. The molecule has 0 aliphatic heterocycles. The van der Waals surface area contributed by atoms with Gasteiger partial charge in [0.1, 0.15) is 0 Å². The number of guanidine groups is 1. The van der Waals surface area contributed by atoms with Crippen LogP contribution in [0, 0.1) is 0 Å². The number of aromatic nitrogens is 2. The molecule has 5 nitrogen and oxygen atoms in total. The van der Waals surface area contributed by atoms with Gasteiger partial charge >= 0.3 is 0 Å². The summed E-state index contributed by atoms with van der Waals surface area (Å²) < 4.78 is 0. The number of nitrogens with zero attached hydrogens (tertiary/aromatic N) is 3. The minimum absolute atomic E-state index is 0.749. The molecule has 0 radical (unpaired) electrons. The van der Waals surface area contributed by atoms with E-state index in [1.54, 1.807) is 17.5 Å². The summed E-state index contributed by atoms with van der Waals surface area (Å²) in [6.45, 7) is 6.68.